The van der Waals surface area contributed by atoms with Gasteiger partial charge in [0.25, 0.3) is 0 Å². The van der Waals surface area contributed by atoms with Crippen molar-refractivity contribution in [3.8, 4) is 0 Å². The number of rotatable bonds is 6. The van der Waals surface area contributed by atoms with E-state index < -0.39 is 9.84 Å². The summed E-state index contributed by atoms with van der Waals surface area (Å²) in [4.78, 5) is 4.37. The molecule has 0 saturated carbocycles. The summed E-state index contributed by atoms with van der Waals surface area (Å²) < 4.78 is 25.8. The van der Waals surface area contributed by atoms with Gasteiger partial charge in [-0.1, -0.05) is 0 Å². The lowest BCUT2D eigenvalue weighted by molar-refractivity contribution is 0.581. The first-order valence-electron chi connectivity index (χ1n) is 6.74. The third-order valence-corrected chi connectivity index (χ3v) is 5.61. The van der Waals surface area contributed by atoms with Crippen LogP contribution in [-0.2, 0) is 22.9 Å². The molecule has 0 radical (unpaired) electrons. The molecule has 2 aromatic heterocycles. The zero-order valence-electron chi connectivity index (χ0n) is 12.1. The normalized spacial score (nSPS) is 12.4. The van der Waals surface area contributed by atoms with E-state index in [9.17, 15) is 8.42 Å². The lowest BCUT2D eigenvalue weighted by atomic mass is 10.2. The summed E-state index contributed by atoms with van der Waals surface area (Å²) >= 11 is 0. The summed E-state index contributed by atoms with van der Waals surface area (Å²) in [5.74, 6) is 0.143. The minimum Gasteiger partial charge on any atom is -0.331 e. The molecule has 2 aromatic rings. The number of nitrogens with one attached hydrogen (secondary N) is 1. The molecule has 0 amide bonds. The van der Waals surface area contributed by atoms with E-state index in [1.54, 1.807) is 20.0 Å². The van der Waals surface area contributed by atoms with Gasteiger partial charge in [0, 0.05) is 30.9 Å². The van der Waals surface area contributed by atoms with Gasteiger partial charge in [-0.15, -0.1) is 0 Å². The van der Waals surface area contributed by atoms with Crippen LogP contribution in [0.15, 0.2) is 24.5 Å². The fraction of sp³-hybridized carbons (Fsp3) is 0.500. The first kappa shape index (κ1) is 15.0. The lowest BCUT2D eigenvalue weighted by Gasteiger charge is -2.08. The van der Waals surface area contributed by atoms with Crippen molar-refractivity contribution < 1.29 is 8.42 Å². The smallest absolute Gasteiger partial charge is 0.154 e. The van der Waals surface area contributed by atoms with Crippen molar-refractivity contribution in [2.75, 3.05) is 12.8 Å². The van der Waals surface area contributed by atoms with Crippen molar-refractivity contribution in [1.82, 2.24) is 14.9 Å². The second-order valence-corrected chi connectivity index (χ2v) is 7.85. The Morgan fingerprint density at radius 2 is 2.15 bits per heavy atom. The highest BCUT2D eigenvalue weighted by atomic mass is 32.2. The molecule has 0 aliphatic heterocycles. The van der Waals surface area contributed by atoms with Crippen LogP contribution in [0.2, 0.25) is 0 Å². The summed E-state index contributed by atoms with van der Waals surface area (Å²) in [5.41, 5.74) is 1.98. The molecule has 6 heteroatoms. The van der Waals surface area contributed by atoms with Crippen molar-refractivity contribution in [3.05, 3.63) is 30.1 Å². The Morgan fingerprint density at radius 3 is 2.80 bits per heavy atom. The highest BCUT2D eigenvalue weighted by molar-refractivity contribution is 7.91. The molecular weight excluding hydrogens is 274 g/mol. The first-order chi connectivity index (χ1) is 9.45. The van der Waals surface area contributed by atoms with Gasteiger partial charge in [0.1, 0.15) is 5.65 Å². The molecule has 2 rings (SSSR count). The van der Waals surface area contributed by atoms with Crippen LogP contribution in [0.4, 0.5) is 0 Å². The van der Waals surface area contributed by atoms with Crippen molar-refractivity contribution in [1.29, 1.82) is 0 Å². The number of pyridine rings is 1. The maximum absolute atomic E-state index is 11.9. The van der Waals surface area contributed by atoms with Gasteiger partial charge in [-0.25, -0.2) is 13.4 Å². The average molecular weight is 295 g/mol. The molecule has 0 aromatic carbocycles. The third kappa shape index (κ3) is 3.02. The van der Waals surface area contributed by atoms with E-state index in [1.165, 1.54) is 0 Å². The van der Waals surface area contributed by atoms with Gasteiger partial charge in [0.05, 0.1) is 11.0 Å². The predicted octanol–water partition coefficient (Wildman–Crippen LogP) is 1.58. The molecular formula is C14H21N3O2S. The maximum Gasteiger partial charge on any atom is 0.154 e. The molecule has 1 N–H and O–H groups in total. The van der Waals surface area contributed by atoms with E-state index >= 15 is 0 Å². The van der Waals surface area contributed by atoms with Gasteiger partial charge in [0.2, 0.25) is 0 Å². The average Bonchev–Trinajstić information content (AvgIpc) is 2.76. The molecule has 0 atom stereocenters. The molecule has 2 heterocycles. The molecule has 0 unspecified atom stereocenters. The van der Waals surface area contributed by atoms with Gasteiger partial charge < -0.3 is 9.88 Å². The summed E-state index contributed by atoms with van der Waals surface area (Å²) in [7, 11) is -1.14. The van der Waals surface area contributed by atoms with Crippen molar-refractivity contribution in [2.24, 2.45) is 0 Å². The van der Waals surface area contributed by atoms with Crippen LogP contribution in [0.1, 0.15) is 19.4 Å². The van der Waals surface area contributed by atoms with Crippen LogP contribution in [0.25, 0.3) is 11.0 Å². The number of hydrogen-bond acceptors (Lipinski definition) is 4. The molecule has 110 valence electrons. The largest absolute Gasteiger partial charge is 0.331 e. The Bertz CT molecular complexity index is 690. The number of aromatic nitrogens is 2. The first-order valence-corrected chi connectivity index (χ1v) is 8.46. The Labute approximate surface area is 119 Å². The Balaban J connectivity index is 2.31. The lowest BCUT2D eigenvalue weighted by Crippen LogP contribution is -2.21. The van der Waals surface area contributed by atoms with Gasteiger partial charge in [0.15, 0.2) is 9.84 Å². The van der Waals surface area contributed by atoms with E-state index in [-0.39, 0.29) is 11.0 Å². The van der Waals surface area contributed by atoms with E-state index in [2.05, 4.69) is 10.3 Å². The Morgan fingerprint density at radius 1 is 1.40 bits per heavy atom. The molecule has 0 aliphatic carbocycles. The van der Waals surface area contributed by atoms with Gasteiger partial charge in [-0.2, -0.15) is 0 Å². The molecule has 20 heavy (non-hydrogen) atoms. The van der Waals surface area contributed by atoms with Gasteiger partial charge in [-0.3, -0.25) is 0 Å². The van der Waals surface area contributed by atoms with E-state index in [0.29, 0.717) is 6.54 Å². The van der Waals surface area contributed by atoms with Gasteiger partial charge in [-0.05, 0) is 38.6 Å². The summed E-state index contributed by atoms with van der Waals surface area (Å²) in [6, 6.07) is 3.92. The molecule has 0 fully saturated rings. The Hall–Kier alpha value is -1.40. The molecule has 0 bridgehead atoms. The second kappa shape index (κ2) is 5.93. The van der Waals surface area contributed by atoms with Crippen LogP contribution in [0, 0.1) is 0 Å². The monoisotopic (exact) mass is 295 g/mol. The number of nitrogens with zero attached hydrogens (tertiary/aromatic N) is 2. The topological polar surface area (TPSA) is 64.0 Å². The molecule has 0 spiro atoms. The standard InChI is InChI=1S/C14H21N3O2S/c1-11(2)20(18,19)8-7-17-10-12(9-15-3)13-5-4-6-16-14(13)17/h4-6,10-11,15H,7-9H2,1-3H3. The highest BCUT2D eigenvalue weighted by Crippen LogP contribution is 2.19. The van der Waals surface area contributed by atoms with Crippen LogP contribution in [0.5, 0.6) is 0 Å². The third-order valence-electron chi connectivity index (χ3n) is 3.42. The van der Waals surface area contributed by atoms with Crippen LogP contribution in [0.3, 0.4) is 0 Å². The van der Waals surface area contributed by atoms with E-state index in [0.717, 1.165) is 23.1 Å². The number of sulfone groups is 1. The minimum absolute atomic E-state index is 0.143. The fourth-order valence-electron chi connectivity index (χ4n) is 2.16. The summed E-state index contributed by atoms with van der Waals surface area (Å²) in [6.45, 7) is 4.62. The number of hydrogen-bond donors (Lipinski definition) is 1. The quantitative estimate of drug-likeness (QED) is 0.879. The molecule has 0 saturated heterocycles. The van der Waals surface area contributed by atoms with Crippen molar-refractivity contribution in [2.45, 2.75) is 32.2 Å². The fourth-order valence-corrected chi connectivity index (χ4v) is 3.08. The highest BCUT2D eigenvalue weighted by Gasteiger charge is 2.17. The molecule has 0 aliphatic rings. The minimum atomic E-state index is -3.03. The zero-order valence-corrected chi connectivity index (χ0v) is 12.9. The van der Waals surface area contributed by atoms with Crippen molar-refractivity contribution >= 4 is 20.9 Å². The summed E-state index contributed by atoms with van der Waals surface area (Å²) in [5, 5.41) is 3.85. The van der Waals surface area contributed by atoms with E-state index in [1.807, 2.05) is 29.9 Å². The van der Waals surface area contributed by atoms with Crippen LogP contribution < -0.4 is 5.32 Å². The van der Waals surface area contributed by atoms with Crippen molar-refractivity contribution in [3.63, 3.8) is 0 Å². The van der Waals surface area contributed by atoms with E-state index in [4.69, 9.17) is 0 Å². The van der Waals surface area contributed by atoms with Crippen LogP contribution in [-0.4, -0.2) is 36.0 Å². The van der Waals surface area contributed by atoms with Gasteiger partial charge >= 0.3 is 0 Å². The Kier molecular flexibility index (Phi) is 4.45. The number of fused-ring (bicyclic) bond motifs is 1. The second-order valence-electron chi connectivity index (χ2n) is 5.17. The molecule has 5 nitrogen and oxygen atoms in total. The maximum atomic E-state index is 11.9. The zero-order chi connectivity index (χ0) is 14.8. The van der Waals surface area contributed by atoms with Crippen LogP contribution >= 0.6 is 0 Å². The predicted molar refractivity (Wildman–Crippen MR) is 81.4 cm³/mol. The summed E-state index contributed by atoms with van der Waals surface area (Å²) in [6.07, 6.45) is 3.73. The SMILES string of the molecule is CNCc1cn(CCS(=O)(=O)C(C)C)c2ncccc12. The number of aryl methyl sites for hydroxylation is 1.